The van der Waals surface area contributed by atoms with E-state index in [0.29, 0.717) is 19.0 Å². The SMILES string of the molecule is N#CCCn1nc(-c2ccncc2)n(C2CCCCC2)c1=S. The molecule has 3 rings (SSSR count). The second-order valence-corrected chi connectivity index (χ2v) is 6.00. The van der Waals surface area contributed by atoms with Crippen LogP contribution in [-0.4, -0.2) is 19.3 Å². The molecule has 114 valence electrons. The molecular weight excluding hydrogens is 294 g/mol. The van der Waals surface area contributed by atoms with Gasteiger partial charge in [0.15, 0.2) is 10.6 Å². The third-order valence-corrected chi connectivity index (χ3v) is 4.59. The zero-order valence-corrected chi connectivity index (χ0v) is 13.3. The van der Waals surface area contributed by atoms with Gasteiger partial charge in [0.25, 0.3) is 0 Å². The summed E-state index contributed by atoms with van der Waals surface area (Å²) in [7, 11) is 0. The van der Waals surface area contributed by atoms with Crippen molar-refractivity contribution in [3.05, 3.63) is 29.3 Å². The lowest BCUT2D eigenvalue weighted by molar-refractivity contribution is 0.350. The van der Waals surface area contributed by atoms with E-state index in [1.807, 2.05) is 12.1 Å². The predicted octanol–water partition coefficient (Wildman–Crippen LogP) is 3.89. The molecule has 0 aliphatic heterocycles. The topological polar surface area (TPSA) is 59.4 Å². The van der Waals surface area contributed by atoms with Crippen LogP contribution in [0.15, 0.2) is 24.5 Å². The molecule has 5 nitrogen and oxygen atoms in total. The first kappa shape index (κ1) is 14.9. The number of hydrogen-bond acceptors (Lipinski definition) is 4. The van der Waals surface area contributed by atoms with Crippen molar-refractivity contribution in [2.75, 3.05) is 0 Å². The Morgan fingerprint density at radius 1 is 1.23 bits per heavy atom. The van der Waals surface area contributed by atoms with E-state index in [4.69, 9.17) is 17.5 Å². The molecule has 1 aliphatic rings. The van der Waals surface area contributed by atoms with Gasteiger partial charge in [-0.1, -0.05) is 19.3 Å². The Kier molecular flexibility index (Phi) is 4.64. The molecule has 0 amide bonds. The summed E-state index contributed by atoms with van der Waals surface area (Å²) in [6.07, 6.45) is 10.1. The van der Waals surface area contributed by atoms with E-state index in [0.717, 1.165) is 29.0 Å². The normalized spacial score (nSPS) is 15.6. The molecule has 0 unspecified atom stereocenters. The summed E-state index contributed by atoms with van der Waals surface area (Å²) in [6.45, 7) is 0.549. The fourth-order valence-electron chi connectivity index (χ4n) is 3.09. The van der Waals surface area contributed by atoms with Crippen LogP contribution < -0.4 is 0 Å². The molecule has 0 bridgehead atoms. The summed E-state index contributed by atoms with van der Waals surface area (Å²) in [4.78, 5) is 4.08. The van der Waals surface area contributed by atoms with Gasteiger partial charge in [0.05, 0.1) is 19.0 Å². The molecule has 0 N–H and O–H groups in total. The van der Waals surface area contributed by atoms with E-state index >= 15 is 0 Å². The van der Waals surface area contributed by atoms with Crippen molar-refractivity contribution >= 4 is 12.2 Å². The van der Waals surface area contributed by atoms with Gasteiger partial charge in [-0.25, -0.2) is 4.68 Å². The Morgan fingerprint density at radius 2 is 1.95 bits per heavy atom. The summed E-state index contributed by atoms with van der Waals surface area (Å²) in [6, 6.07) is 6.51. The van der Waals surface area contributed by atoms with Crippen molar-refractivity contribution in [2.24, 2.45) is 0 Å². The van der Waals surface area contributed by atoms with Crippen LogP contribution in [0.1, 0.15) is 44.6 Å². The molecule has 1 aliphatic carbocycles. The van der Waals surface area contributed by atoms with E-state index in [1.165, 1.54) is 19.3 Å². The Labute approximate surface area is 135 Å². The van der Waals surface area contributed by atoms with Gasteiger partial charge >= 0.3 is 0 Å². The number of aromatic nitrogens is 4. The molecule has 1 saturated carbocycles. The summed E-state index contributed by atoms with van der Waals surface area (Å²) in [5.74, 6) is 0.900. The minimum absolute atomic E-state index is 0.417. The zero-order valence-electron chi connectivity index (χ0n) is 12.5. The molecule has 2 heterocycles. The summed E-state index contributed by atoms with van der Waals surface area (Å²) >= 11 is 5.65. The van der Waals surface area contributed by atoms with Crippen molar-refractivity contribution in [2.45, 2.75) is 51.1 Å². The van der Waals surface area contributed by atoms with Gasteiger partial charge in [0.2, 0.25) is 0 Å². The third kappa shape index (κ3) is 2.95. The Bertz CT molecular complexity index is 719. The van der Waals surface area contributed by atoms with Crippen LogP contribution in [0, 0.1) is 16.1 Å². The van der Waals surface area contributed by atoms with Gasteiger partial charge in [0, 0.05) is 24.0 Å². The zero-order chi connectivity index (χ0) is 15.4. The van der Waals surface area contributed by atoms with Gasteiger partial charge in [-0.05, 0) is 37.2 Å². The highest BCUT2D eigenvalue weighted by molar-refractivity contribution is 7.71. The standard InChI is InChI=1S/C16H19N5S/c17-9-4-12-20-16(22)21(14-5-2-1-3-6-14)15(19-20)13-7-10-18-11-8-13/h7-8,10-11,14H,1-6,12H2. The predicted molar refractivity (Wildman–Crippen MR) is 86.6 cm³/mol. The third-order valence-electron chi connectivity index (χ3n) is 4.18. The number of rotatable bonds is 4. The van der Waals surface area contributed by atoms with E-state index < -0.39 is 0 Å². The summed E-state index contributed by atoms with van der Waals surface area (Å²) in [5.41, 5.74) is 1.03. The molecule has 0 spiro atoms. The van der Waals surface area contributed by atoms with Crippen molar-refractivity contribution in [1.29, 1.82) is 5.26 Å². The lowest BCUT2D eigenvalue weighted by Crippen LogP contribution is -2.14. The van der Waals surface area contributed by atoms with Crippen LogP contribution in [0.3, 0.4) is 0 Å². The van der Waals surface area contributed by atoms with Gasteiger partial charge in [-0.3, -0.25) is 9.55 Å². The lowest BCUT2D eigenvalue weighted by Gasteiger charge is -2.24. The van der Waals surface area contributed by atoms with E-state index in [1.54, 1.807) is 17.1 Å². The van der Waals surface area contributed by atoms with E-state index in [2.05, 4.69) is 20.7 Å². The van der Waals surface area contributed by atoms with Crippen LogP contribution in [0.2, 0.25) is 0 Å². The summed E-state index contributed by atoms with van der Waals surface area (Å²) in [5, 5.41) is 13.5. The fourth-order valence-corrected chi connectivity index (χ4v) is 3.46. The van der Waals surface area contributed by atoms with Crippen molar-refractivity contribution in [3.63, 3.8) is 0 Å². The number of hydrogen-bond donors (Lipinski definition) is 0. The summed E-state index contributed by atoms with van der Waals surface area (Å²) < 4.78 is 4.72. The first-order valence-electron chi connectivity index (χ1n) is 7.78. The van der Waals surface area contributed by atoms with Crippen LogP contribution in [0.25, 0.3) is 11.4 Å². The average molecular weight is 313 g/mol. The van der Waals surface area contributed by atoms with Gasteiger partial charge in [-0.15, -0.1) is 0 Å². The van der Waals surface area contributed by atoms with E-state index in [-0.39, 0.29) is 0 Å². The molecule has 0 aromatic carbocycles. The van der Waals surface area contributed by atoms with Crippen LogP contribution in [-0.2, 0) is 6.54 Å². The minimum Gasteiger partial charge on any atom is -0.297 e. The molecule has 6 heteroatoms. The van der Waals surface area contributed by atoms with Gasteiger partial charge in [0.1, 0.15) is 0 Å². The molecular formula is C16H19N5S. The smallest absolute Gasteiger partial charge is 0.198 e. The average Bonchev–Trinajstić information content (AvgIpc) is 2.91. The van der Waals surface area contributed by atoms with Crippen molar-refractivity contribution < 1.29 is 0 Å². The monoisotopic (exact) mass is 313 g/mol. The molecule has 2 aromatic heterocycles. The number of aryl methyl sites for hydroxylation is 1. The quantitative estimate of drug-likeness (QED) is 0.803. The van der Waals surface area contributed by atoms with Gasteiger partial charge < -0.3 is 0 Å². The highest BCUT2D eigenvalue weighted by atomic mass is 32.1. The van der Waals surface area contributed by atoms with Crippen molar-refractivity contribution in [3.8, 4) is 17.5 Å². The maximum absolute atomic E-state index is 8.82. The second kappa shape index (κ2) is 6.84. The van der Waals surface area contributed by atoms with E-state index in [9.17, 15) is 0 Å². The molecule has 0 saturated heterocycles. The maximum Gasteiger partial charge on any atom is 0.198 e. The molecule has 2 aromatic rings. The Morgan fingerprint density at radius 3 is 2.64 bits per heavy atom. The Hall–Kier alpha value is -2.00. The van der Waals surface area contributed by atoms with Crippen LogP contribution in [0.5, 0.6) is 0 Å². The first-order chi connectivity index (χ1) is 10.8. The number of nitriles is 1. The van der Waals surface area contributed by atoms with Crippen LogP contribution in [0.4, 0.5) is 0 Å². The molecule has 1 fully saturated rings. The molecule has 22 heavy (non-hydrogen) atoms. The highest BCUT2D eigenvalue weighted by Gasteiger charge is 2.22. The maximum atomic E-state index is 8.82. The Balaban J connectivity index is 2.06. The molecule has 0 atom stereocenters. The number of pyridine rings is 1. The lowest BCUT2D eigenvalue weighted by atomic mass is 9.95. The highest BCUT2D eigenvalue weighted by Crippen LogP contribution is 2.32. The first-order valence-corrected chi connectivity index (χ1v) is 8.19. The fraction of sp³-hybridized carbons (Fsp3) is 0.500. The second-order valence-electron chi connectivity index (χ2n) is 5.64. The number of nitrogens with zero attached hydrogens (tertiary/aromatic N) is 5. The molecule has 0 radical (unpaired) electrons. The van der Waals surface area contributed by atoms with Crippen LogP contribution >= 0.6 is 12.2 Å². The van der Waals surface area contributed by atoms with Gasteiger partial charge in [-0.2, -0.15) is 10.4 Å². The minimum atomic E-state index is 0.417. The largest absolute Gasteiger partial charge is 0.297 e. The van der Waals surface area contributed by atoms with Crippen molar-refractivity contribution in [1.82, 2.24) is 19.3 Å².